The van der Waals surface area contributed by atoms with Crippen molar-refractivity contribution >= 4 is 0 Å². The van der Waals surface area contributed by atoms with E-state index in [0.29, 0.717) is 0 Å². The van der Waals surface area contributed by atoms with E-state index in [-0.39, 0.29) is 154 Å². The van der Waals surface area contributed by atoms with Crippen molar-refractivity contribution in [1.82, 2.24) is 0 Å². The van der Waals surface area contributed by atoms with Gasteiger partial charge in [-0.3, -0.25) is 0 Å². The maximum Gasteiger partial charge on any atom is 1.00 e. The SMILES string of the molecule is CC(C)[O-].CC(C)[O-].CC(C)[O-].[K+].[K+].[K+]. The second kappa shape index (κ2) is 31.3. The Balaban J connectivity index is -0.0000000184. The van der Waals surface area contributed by atoms with Crippen LogP contribution in [0.4, 0.5) is 0 Å². The molecule has 0 rings (SSSR count). The van der Waals surface area contributed by atoms with Gasteiger partial charge in [-0.1, -0.05) is 41.5 Å². The summed E-state index contributed by atoms with van der Waals surface area (Å²) in [5.74, 6) is 0. The van der Waals surface area contributed by atoms with Crippen LogP contribution in [0.3, 0.4) is 0 Å². The van der Waals surface area contributed by atoms with Gasteiger partial charge < -0.3 is 15.3 Å². The average Bonchev–Trinajstić information content (AvgIpc) is 1.54. The van der Waals surface area contributed by atoms with Crippen LogP contribution in [0, 0.1) is 0 Å². The van der Waals surface area contributed by atoms with Gasteiger partial charge in [0.15, 0.2) is 0 Å². The van der Waals surface area contributed by atoms with E-state index in [9.17, 15) is 15.3 Å². The van der Waals surface area contributed by atoms with Crippen molar-refractivity contribution in [3.05, 3.63) is 0 Å². The first-order chi connectivity index (χ1) is 5.20. The topological polar surface area (TPSA) is 69.2 Å². The zero-order valence-electron chi connectivity index (χ0n) is 12.0. The van der Waals surface area contributed by atoms with Crippen LogP contribution in [0.2, 0.25) is 0 Å². The molecule has 0 radical (unpaired) electrons. The smallest absolute Gasteiger partial charge is 0.852 e. The maximum atomic E-state index is 9.53. The Morgan fingerprint density at radius 2 is 0.467 bits per heavy atom. The summed E-state index contributed by atoms with van der Waals surface area (Å²) < 4.78 is 0. The molecular weight excluding hydrogens is 273 g/mol. The molecule has 3 nitrogen and oxygen atoms in total. The zero-order valence-corrected chi connectivity index (χ0v) is 21.3. The summed E-state index contributed by atoms with van der Waals surface area (Å²) in [5.41, 5.74) is 0. The predicted octanol–water partition coefficient (Wildman–Crippen LogP) is -9.72. The third-order valence-electron chi connectivity index (χ3n) is 0. The zero-order chi connectivity index (χ0) is 10.7. The second-order valence-corrected chi connectivity index (χ2v) is 3.15. The number of rotatable bonds is 0. The predicted molar refractivity (Wildman–Crippen MR) is 45.4 cm³/mol. The van der Waals surface area contributed by atoms with Gasteiger partial charge in [0.05, 0.1) is 0 Å². The molecule has 6 heteroatoms. The molecule has 0 unspecified atom stereocenters. The van der Waals surface area contributed by atoms with E-state index in [4.69, 9.17) is 0 Å². The van der Waals surface area contributed by atoms with Crippen molar-refractivity contribution in [2.75, 3.05) is 0 Å². The Bertz CT molecular complexity index is 49.1. The fourth-order valence-electron chi connectivity index (χ4n) is 0. The van der Waals surface area contributed by atoms with Crippen molar-refractivity contribution in [2.24, 2.45) is 0 Å². The quantitative estimate of drug-likeness (QED) is 0.417. The third kappa shape index (κ3) is 231. The van der Waals surface area contributed by atoms with Gasteiger partial charge >= 0.3 is 154 Å². The minimum absolute atomic E-state index is 0. The molecule has 0 fully saturated rings. The van der Waals surface area contributed by atoms with E-state index in [2.05, 4.69) is 0 Å². The van der Waals surface area contributed by atoms with Crippen LogP contribution >= 0.6 is 0 Å². The molecule has 0 N–H and O–H groups in total. The summed E-state index contributed by atoms with van der Waals surface area (Å²) in [7, 11) is 0. The molecular formula is C9H21K3O3. The molecule has 0 aliphatic carbocycles. The molecule has 0 aliphatic rings. The van der Waals surface area contributed by atoms with Gasteiger partial charge in [-0.05, 0) is 0 Å². The van der Waals surface area contributed by atoms with Crippen molar-refractivity contribution in [3.8, 4) is 0 Å². The van der Waals surface area contributed by atoms with Gasteiger partial charge in [-0.25, -0.2) is 0 Å². The molecule has 0 aromatic carbocycles. The molecule has 0 saturated heterocycles. The molecule has 0 heterocycles. The van der Waals surface area contributed by atoms with Gasteiger partial charge in [0, 0.05) is 0 Å². The fraction of sp³-hybridized carbons (Fsp3) is 1.00. The van der Waals surface area contributed by atoms with Gasteiger partial charge in [0.2, 0.25) is 0 Å². The average molecular weight is 295 g/mol. The molecule has 0 atom stereocenters. The van der Waals surface area contributed by atoms with E-state index in [0.717, 1.165) is 0 Å². The first-order valence-corrected chi connectivity index (χ1v) is 4.17. The summed E-state index contributed by atoms with van der Waals surface area (Å²) in [6.07, 6.45) is -1.25. The minimum Gasteiger partial charge on any atom is -0.852 e. The van der Waals surface area contributed by atoms with Gasteiger partial charge in [-0.15, -0.1) is 18.3 Å². The first-order valence-electron chi connectivity index (χ1n) is 4.17. The van der Waals surface area contributed by atoms with Crippen LogP contribution in [0.15, 0.2) is 0 Å². The van der Waals surface area contributed by atoms with Crippen molar-refractivity contribution < 1.29 is 169 Å². The summed E-state index contributed by atoms with van der Waals surface area (Å²) in [6.45, 7) is 9.67. The summed E-state index contributed by atoms with van der Waals surface area (Å²) in [6, 6.07) is 0. The molecule has 0 aromatic heterocycles. The van der Waals surface area contributed by atoms with E-state index in [1.807, 2.05) is 0 Å². The fourth-order valence-corrected chi connectivity index (χ4v) is 0. The van der Waals surface area contributed by atoms with Crippen molar-refractivity contribution in [1.29, 1.82) is 0 Å². The minimum atomic E-state index is -0.417. The van der Waals surface area contributed by atoms with Crippen LogP contribution in [0.1, 0.15) is 41.5 Å². The van der Waals surface area contributed by atoms with Crippen LogP contribution < -0.4 is 169 Å². The molecule has 0 bridgehead atoms. The Morgan fingerprint density at radius 1 is 0.467 bits per heavy atom. The van der Waals surface area contributed by atoms with Crippen molar-refractivity contribution in [3.63, 3.8) is 0 Å². The van der Waals surface area contributed by atoms with Gasteiger partial charge in [-0.2, -0.15) is 0 Å². The summed E-state index contributed by atoms with van der Waals surface area (Å²) in [4.78, 5) is 0. The molecule has 0 aromatic rings. The van der Waals surface area contributed by atoms with E-state index >= 15 is 0 Å². The van der Waals surface area contributed by atoms with Crippen LogP contribution in [0.25, 0.3) is 0 Å². The van der Waals surface area contributed by atoms with Crippen LogP contribution in [-0.2, 0) is 0 Å². The normalized spacial score (nSPS) is 7.20. The van der Waals surface area contributed by atoms with Gasteiger partial charge in [0.1, 0.15) is 0 Å². The number of hydrogen-bond donors (Lipinski definition) is 0. The van der Waals surface area contributed by atoms with E-state index in [1.165, 1.54) is 0 Å². The third-order valence-corrected chi connectivity index (χ3v) is 0. The standard InChI is InChI=1S/3C3H7O.3K/c3*1-3(2)4;;;/h3*3H,1-2H3;;;/q3*-1;3*+1. The summed E-state index contributed by atoms with van der Waals surface area (Å²) >= 11 is 0. The van der Waals surface area contributed by atoms with Crippen LogP contribution in [-0.4, -0.2) is 18.3 Å². The first kappa shape index (κ1) is 36.7. The molecule has 78 valence electrons. The molecule has 0 amide bonds. The Kier molecular flexibility index (Phi) is 76.6. The molecule has 0 saturated carbocycles. The molecule has 15 heavy (non-hydrogen) atoms. The Labute approximate surface area is 223 Å². The second-order valence-electron chi connectivity index (χ2n) is 3.15. The van der Waals surface area contributed by atoms with Gasteiger partial charge in [0.25, 0.3) is 0 Å². The molecule has 0 spiro atoms. The van der Waals surface area contributed by atoms with Crippen molar-refractivity contribution in [2.45, 2.75) is 59.9 Å². The summed E-state index contributed by atoms with van der Waals surface area (Å²) in [5, 5.41) is 28.6. The Hall–Kier alpha value is 4.79. The maximum absolute atomic E-state index is 9.53. The number of hydrogen-bond acceptors (Lipinski definition) is 3. The monoisotopic (exact) mass is 294 g/mol. The Morgan fingerprint density at radius 3 is 0.467 bits per heavy atom. The van der Waals surface area contributed by atoms with Crippen LogP contribution in [0.5, 0.6) is 0 Å². The van der Waals surface area contributed by atoms with E-state index < -0.39 is 18.3 Å². The molecule has 0 aliphatic heterocycles. The van der Waals surface area contributed by atoms with E-state index in [1.54, 1.807) is 41.5 Å². The largest absolute Gasteiger partial charge is 1.00 e.